The van der Waals surface area contributed by atoms with Crippen LogP contribution in [-0.4, -0.2) is 5.75 Å². The van der Waals surface area contributed by atoms with Gasteiger partial charge >= 0.3 is 0 Å². The van der Waals surface area contributed by atoms with Crippen molar-refractivity contribution in [2.45, 2.75) is 55.8 Å². The third-order valence-electron chi connectivity index (χ3n) is 5.26. The molecule has 1 heterocycles. The second kappa shape index (κ2) is 7.19. The highest BCUT2D eigenvalue weighted by atomic mass is 32.2. The molecule has 2 aromatic carbocycles. The van der Waals surface area contributed by atoms with Crippen molar-refractivity contribution < 1.29 is 0 Å². The Kier molecular flexibility index (Phi) is 4.80. The van der Waals surface area contributed by atoms with E-state index in [-0.39, 0.29) is 0 Å². The van der Waals surface area contributed by atoms with Gasteiger partial charge in [0.25, 0.3) is 0 Å². The van der Waals surface area contributed by atoms with Crippen molar-refractivity contribution in [1.82, 2.24) is 0 Å². The van der Waals surface area contributed by atoms with Gasteiger partial charge in [-0.1, -0.05) is 67.5 Å². The predicted molar refractivity (Wildman–Crippen MR) is 105 cm³/mol. The maximum absolute atomic E-state index is 2.50. The molecule has 1 atom stereocenters. The van der Waals surface area contributed by atoms with E-state index in [1.54, 1.807) is 11.1 Å². The molecule has 0 nitrogen and oxygen atoms in total. The van der Waals surface area contributed by atoms with E-state index in [2.05, 4.69) is 73.3 Å². The van der Waals surface area contributed by atoms with Crippen LogP contribution >= 0.6 is 11.8 Å². The topological polar surface area (TPSA) is 0 Å². The molecule has 124 valence electrons. The summed E-state index contributed by atoms with van der Waals surface area (Å²) in [5.41, 5.74) is 6.19. The third kappa shape index (κ3) is 3.47. The van der Waals surface area contributed by atoms with Gasteiger partial charge in [-0.05, 0) is 54.4 Å². The smallest absolute Gasteiger partial charge is 0.0191 e. The van der Waals surface area contributed by atoms with E-state index < -0.39 is 0 Å². The van der Waals surface area contributed by atoms with Crippen molar-refractivity contribution in [2.75, 3.05) is 5.75 Å². The van der Waals surface area contributed by atoms with Crippen molar-refractivity contribution >= 4 is 11.8 Å². The molecule has 0 saturated heterocycles. The molecule has 0 spiro atoms. The summed E-state index contributed by atoms with van der Waals surface area (Å²) >= 11 is 2.06. The van der Waals surface area contributed by atoms with Crippen LogP contribution in [0.4, 0.5) is 0 Å². The maximum Gasteiger partial charge on any atom is 0.0191 e. The Morgan fingerprint density at radius 3 is 2.62 bits per heavy atom. The standard InChI is InChI=1S/C23H26S/c1-2-3-7-17-14-22(19-8-5-4-6-9-19)21-13-12-20(18-10-11-18)15-23(21)24-16-17/h4-9,12-13,15,18,22H,2-3,10-11,14,16H2,1H3/b17-7-/t22-/m1/s1. The van der Waals surface area contributed by atoms with Crippen LogP contribution in [0.25, 0.3) is 0 Å². The van der Waals surface area contributed by atoms with Crippen molar-refractivity contribution in [1.29, 1.82) is 0 Å². The van der Waals surface area contributed by atoms with E-state index >= 15 is 0 Å². The number of hydrogen-bond donors (Lipinski definition) is 0. The lowest BCUT2D eigenvalue weighted by Gasteiger charge is -2.19. The number of rotatable bonds is 4. The number of unbranched alkanes of at least 4 members (excludes halogenated alkanes) is 1. The van der Waals surface area contributed by atoms with Crippen LogP contribution in [0.1, 0.15) is 67.6 Å². The van der Waals surface area contributed by atoms with Crippen molar-refractivity contribution in [2.24, 2.45) is 0 Å². The summed E-state index contributed by atoms with van der Waals surface area (Å²) < 4.78 is 0. The summed E-state index contributed by atoms with van der Waals surface area (Å²) in [4.78, 5) is 1.52. The number of hydrogen-bond acceptors (Lipinski definition) is 1. The fourth-order valence-electron chi connectivity index (χ4n) is 3.71. The molecular formula is C23H26S. The van der Waals surface area contributed by atoms with Crippen LogP contribution in [-0.2, 0) is 0 Å². The van der Waals surface area contributed by atoms with E-state index in [1.807, 2.05) is 0 Å². The minimum Gasteiger partial charge on any atom is -0.121 e. The second-order valence-electron chi connectivity index (χ2n) is 7.18. The van der Waals surface area contributed by atoms with Crippen LogP contribution in [0.2, 0.25) is 0 Å². The SMILES string of the molecule is CCC/C=C1\CSc2cc(C3CC3)ccc2[C@@H](c2ccccc2)C1. The molecule has 0 amide bonds. The fourth-order valence-corrected chi connectivity index (χ4v) is 4.88. The molecule has 2 aromatic rings. The average molecular weight is 335 g/mol. The van der Waals surface area contributed by atoms with E-state index in [0.717, 1.165) is 11.7 Å². The second-order valence-corrected chi connectivity index (χ2v) is 8.20. The first kappa shape index (κ1) is 16.0. The van der Waals surface area contributed by atoms with Gasteiger partial charge in [-0.15, -0.1) is 11.8 Å². The highest BCUT2D eigenvalue weighted by molar-refractivity contribution is 7.99. The molecule has 1 aliphatic carbocycles. The van der Waals surface area contributed by atoms with Crippen molar-refractivity contribution in [3.8, 4) is 0 Å². The first-order valence-corrected chi connectivity index (χ1v) is 10.3. The number of benzene rings is 2. The molecular weight excluding hydrogens is 308 g/mol. The van der Waals surface area contributed by atoms with Gasteiger partial charge in [0.05, 0.1) is 0 Å². The van der Waals surface area contributed by atoms with Gasteiger partial charge in [0, 0.05) is 16.6 Å². The van der Waals surface area contributed by atoms with Gasteiger partial charge in [0.2, 0.25) is 0 Å². The maximum atomic E-state index is 2.50. The van der Waals surface area contributed by atoms with Gasteiger partial charge in [0.15, 0.2) is 0 Å². The lowest BCUT2D eigenvalue weighted by Crippen LogP contribution is -2.03. The summed E-state index contributed by atoms with van der Waals surface area (Å²) in [5.74, 6) is 2.50. The quantitative estimate of drug-likeness (QED) is 0.547. The first-order chi connectivity index (χ1) is 11.8. The molecule has 0 bridgehead atoms. The molecule has 24 heavy (non-hydrogen) atoms. The Morgan fingerprint density at radius 1 is 1.04 bits per heavy atom. The van der Waals surface area contributed by atoms with Crippen LogP contribution < -0.4 is 0 Å². The third-order valence-corrected chi connectivity index (χ3v) is 6.44. The highest BCUT2D eigenvalue weighted by Crippen LogP contribution is 2.46. The minimum absolute atomic E-state index is 0.507. The lowest BCUT2D eigenvalue weighted by atomic mass is 9.85. The van der Waals surface area contributed by atoms with Crippen molar-refractivity contribution in [3.05, 3.63) is 76.9 Å². The summed E-state index contributed by atoms with van der Waals surface area (Å²) in [6.07, 6.45) is 8.88. The molecule has 0 N–H and O–H groups in total. The normalized spacial score (nSPS) is 22.2. The Balaban J connectivity index is 1.73. The van der Waals surface area contributed by atoms with Gasteiger partial charge < -0.3 is 0 Å². The van der Waals surface area contributed by atoms with Gasteiger partial charge in [-0.2, -0.15) is 0 Å². The largest absolute Gasteiger partial charge is 0.121 e. The number of thioether (sulfide) groups is 1. The molecule has 1 aliphatic heterocycles. The predicted octanol–water partition coefficient (Wildman–Crippen LogP) is 6.92. The van der Waals surface area contributed by atoms with E-state index in [9.17, 15) is 0 Å². The fraction of sp³-hybridized carbons (Fsp3) is 0.391. The Morgan fingerprint density at radius 2 is 1.88 bits per heavy atom. The summed E-state index contributed by atoms with van der Waals surface area (Å²) in [6.45, 7) is 2.27. The average Bonchev–Trinajstić information content (AvgIpc) is 3.47. The lowest BCUT2D eigenvalue weighted by molar-refractivity contribution is 0.780. The monoisotopic (exact) mass is 334 g/mol. The van der Waals surface area contributed by atoms with Gasteiger partial charge in [-0.3, -0.25) is 0 Å². The first-order valence-electron chi connectivity index (χ1n) is 9.34. The van der Waals surface area contributed by atoms with Gasteiger partial charge in [-0.25, -0.2) is 0 Å². The van der Waals surface area contributed by atoms with Crippen LogP contribution in [0.15, 0.2) is 65.1 Å². The summed E-state index contributed by atoms with van der Waals surface area (Å²) in [5, 5.41) is 0. The zero-order chi connectivity index (χ0) is 16.4. The zero-order valence-electron chi connectivity index (χ0n) is 14.5. The summed E-state index contributed by atoms with van der Waals surface area (Å²) in [7, 11) is 0. The number of fused-ring (bicyclic) bond motifs is 1. The summed E-state index contributed by atoms with van der Waals surface area (Å²) in [6, 6.07) is 18.4. The Labute approximate surface area is 150 Å². The van der Waals surface area contributed by atoms with Gasteiger partial charge in [0.1, 0.15) is 0 Å². The molecule has 1 heteroatoms. The molecule has 4 rings (SSSR count). The Hall–Kier alpha value is -1.47. The van der Waals surface area contributed by atoms with E-state index in [1.165, 1.54) is 48.1 Å². The van der Waals surface area contributed by atoms with Crippen LogP contribution in [0.3, 0.4) is 0 Å². The zero-order valence-corrected chi connectivity index (χ0v) is 15.3. The van der Waals surface area contributed by atoms with E-state index in [0.29, 0.717) is 5.92 Å². The molecule has 0 radical (unpaired) electrons. The molecule has 0 aromatic heterocycles. The minimum atomic E-state index is 0.507. The van der Waals surface area contributed by atoms with E-state index in [4.69, 9.17) is 0 Å². The van der Waals surface area contributed by atoms with Crippen molar-refractivity contribution in [3.63, 3.8) is 0 Å². The number of allylic oxidation sites excluding steroid dienone is 1. The molecule has 2 aliphatic rings. The highest BCUT2D eigenvalue weighted by Gasteiger charge is 2.27. The van der Waals surface area contributed by atoms with Crippen LogP contribution in [0, 0.1) is 0 Å². The van der Waals surface area contributed by atoms with Crippen LogP contribution in [0.5, 0.6) is 0 Å². The molecule has 1 fully saturated rings. The molecule has 1 saturated carbocycles. The molecule has 0 unspecified atom stereocenters. The Bertz CT molecular complexity index is 725.